The average molecular weight is 253 g/mol. The quantitative estimate of drug-likeness (QED) is 0.755. The number of aliphatic carboxylic acids is 1. The molecular weight excluding hydrogens is 234 g/mol. The molecule has 0 radical (unpaired) electrons. The molecular formula is C13H19NO4. The lowest BCUT2D eigenvalue weighted by molar-refractivity contribution is -0.161. The number of imide groups is 1. The van der Waals surface area contributed by atoms with Gasteiger partial charge in [-0.25, -0.2) is 0 Å². The van der Waals surface area contributed by atoms with E-state index in [4.69, 9.17) is 0 Å². The molecule has 2 amide bonds. The Balaban J connectivity index is 2.28. The molecule has 5 heteroatoms. The predicted octanol–water partition coefficient (Wildman–Crippen LogP) is 1.41. The van der Waals surface area contributed by atoms with Crippen molar-refractivity contribution in [2.24, 2.45) is 11.3 Å². The van der Waals surface area contributed by atoms with Crippen molar-refractivity contribution < 1.29 is 19.5 Å². The summed E-state index contributed by atoms with van der Waals surface area (Å²) in [5.41, 5.74) is -0.980. The highest BCUT2D eigenvalue weighted by atomic mass is 16.4. The standard InChI is InChI=1S/C13H19NO4/c1-8-6-10(15)14(11(16)7-8)9-4-3-5-13(9,2)12(17)18/h8-9H,3-7H2,1-2H3,(H,17,18). The second kappa shape index (κ2) is 4.37. The van der Waals surface area contributed by atoms with Crippen LogP contribution >= 0.6 is 0 Å². The van der Waals surface area contributed by atoms with E-state index in [1.165, 1.54) is 4.90 Å². The number of rotatable bonds is 2. The number of carboxylic acids is 1. The molecule has 0 bridgehead atoms. The molecule has 0 spiro atoms. The van der Waals surface area contributed by atoms with Crippen molar-refractivity contribution in [3.05, 3.63) is 0 Å². The third-order valence-electron chi connectivity index (χ3n) is 4.29. The Morgan fingerprint density at radius 1 is 1.33 bits per heavy atom. The van der Waals surface area contributed by atoms with E-state index in [9.17, 15) is 19.5 Å². The van der Waals surface area contributed by atoms with Gasteiger partial charge in [0.05, 0.1) is 11.5 Å². The minimum Gasteiger partial charge on any atom is -0.481 e. The topological polar surface area (TPSA) is 74.7 Å². The van der Waals surface area contributed by atoms with E-state index in [1.807, 2.05) is 6.92 Å². The molecule has 2 atom stereocenters. The van der Waals surface area contributed by atoms with E-state index >= 15 is 0 Å². The first-order valence-corrected chi connectivity index (χ1v) is 6.44. The maximum Gasteiger partial charge on any atom is 0.311 e. The van der Waals surface area contributed by atoms with Crippen molar-refractivity contribution >= 4 is 17.8 Å². The lowest BCUT2D eigenvalue weighted by atomic mass is 9.82. The smallest absolute Gasteiger partial charge is 0.311 e. The van der Waals surface area contributed by atoms with Crippen molar-refractivity contribution in [3.8, 4) is 0 Å². The molecule has 2 unspecified atom stereocenters. The molecule has 100 valence electrons. The SMILES string of the molecule is CC1CC(=O)N(C2CCCC2(C)C(=O)O)C(=O)C1. The Morgan fingerprint density at radius 3 is 2.39 bits per heavy atom. The summed E-state index contributed by atoms with van der Waals surface area (Å²) in [5.74, 6) is -1.26. The molecule has 2 fully saturated rings. The molecule has 2 aliphatic rings. The summed E-state index contributed by atoms with van der Waals surface area (Å²) < 4.78 is 0. The minimum absolute atomic E-state index is 0.0683. The summed E-state index contributed by atoms with van der Waals surface area (Å²) >= 11 is 0. The molecule has 1 aliphatic carbocycles. The molecule has 1 heterocycles. The van der Waals surface area contributed by atoms with Crippen LogP contribution in [0.1, 0.15) is 46.0 Å². The summed E-state index contributed by atoms with van der Waals surface area (Å²) in [6.07, 6.45) is 2.57. The Hall–Kier alpha value is -1.39. The van der Waals surface area contributed by atoms with Gasteiger partial charge in [0.1, 0.15) is 0 Å². The maximum atomic E-state index is 12.0. The first-order valence-electron chi connectivity index (χ1n) is 6.44. The zero-order chi connectivity index (χ0) is 13.5. The fourth-order valence-electron chi connectivity index (χ4n) is 3.16. The Morgan fingerprint density at radius 2 is 1.89 bits per heavy atom. The van der Waals surface area contributed by atoms with Gasteiger partial charge in [-0.15, -0.1) is 0 Å². The van der Waals surface area contributed by atoms with Gasteiger partial charge in [-0.1, -0.05) is 13.3 Å². The fourth-order valence-corrected chi connectivity index (χ4v) is 3.16. The zero-order valence-electron chi connectivity index (χ0n) is 10.8. The zero-order valence-corrected chi connectivity index (χ0v) is 10.8. The van der Waals surface area contributed by atoms with Crippen LogP contribution < -0.4 is 0 Å². The Bertz CT molecular complexity index is 388. The van der Waals surface area contributed by atoms with Crippen LogP contribution in [0.5, 0.6) is 0 Å². The number of hydrogen-bond acceptors (Lipinski definition) is 3. The van der Waals surface area contributed by atoms with Gasteiger partial charge < -0.3 is 5.11 Å². The number of carbonyl (C=O) groups excluding carboxylic acids is 2. The van der Waals surface area contributed by atoms with Crippen LogP contribution in [0.25, 0.3) is 0 Å². The molecule has 0 aromatic carbocycles. The number of carbonyl (C=O) groups is 3. The van der Waals surface area contributed by atoms with E-state index in [0.717, 1.165) is 6.42 Å². The summed E-state index contributed by atoms with van der Waals surface area (Å²) in [6.45, 7) is 3.52. The van der Waals surface area contributed by atoms with Crippen molar-refractivity contribution in [2.45, 2.75) is 52.0 Å². The van der Waals surface area contributed by atoms with Gasteiger partial charge in [0.2, 0.25) is 11.8 Å². The number of piperidine rings is 1. The van der Waals surface area contributed by atoms with E-state index in [2.05, 4.69) is 0 Å². The van der Waals surface area contributed by atoms with Crippen LogP contribution in [0.15, 0.2) is 0 Å². The molecule has 1 saturated carbocycles. The lowest BCUT2D eigenvalue weighted by Crippen LogP contribution is -2.55. The van der Waals surface area contributed by atoms with Gasteiger partial charge in [0, 0.05) is 12.8 Å². The Kier molecular flexibility index (Phi) is 3.17. The number of carboxylic acid groups (broad SMARTS) is 1. The van der Waals surface area contributed by atoms with E-state index in [0.29, 0.717) is 25.7 Å². The number of hydrogen-bond donors (Lipinski definition) is 1. The summed E-state index contributed by atoms with van der Waals surface area (Å²) in [6, 6.07) is -0.470. The highest BCUT2D eigenvalue weighted by molar-refractivity contribution is 5.99. The average Bonchev–Trinajstić information content (AvgIpc) is 2.61. The monoisotopic (exact) mass is 253 g/mol. The number of nitrogens with zero attached hydrogens (tertiary/aromatic N) is 1. The van der Waals surface area contributed by atoms with Gasteiger partial charge in [0.25, 0.3) is 0 Å². The predicted molar refractivity (Wildman–Crippen MR) is 63.6 cm³/mol. The first kappa shape index (κ1) is 13.1. The van der Waals surface area contributed by atoms with E-state index in [-0.39, 0.29) is 17.7 Å². The molecule has 18 heavy (non-hydrogen) atoms. The summed E-state index contributed by atoms with van der Waals surface area (Å²) in [5, 5.41) is 9.35. The van der Waals surface area contributed by atoms with Gasteiger partial charge in [-0.05, 0) is 25.7 Å². The third-order valence-corrected chi connectivity index (χ3v) is 4.29. The Labute approximate surface area is 106 Å². The second-order valence-corrected chi connectivity index (χ2v) is 5.80. The van der Waals surface area contributed by atoms with Crippen LogP contribution in [-0.2, 0) is 14.4 Å². The van der Waals surface area contributed by atoms with Crippen LogP contribution in [0.3, 0.4) is 0 Å². The highest BCUT2D eigenvalue weighted by Crippen LogP contribution is 2.42. The van der Waals surface area contributed by atoms with Gasteiger partial charge >= 0.3 is 5.97 Å². The molecule has 0 aromatic heterocycles. The number of amides is 2. The van der Waals surface area contributed by atoms with Crippen molar-refractivity contribution in [3.63, 3.8) is 0 Å². The van der Waals surface area contributed by atoms with Gasteiger partial charge in [0.15, 0.2) is 0 Å². The second-order valence-electron chi connectivity index (χ2n) is 5.80. The third kappa shape index (κ3) is 1.91. The van der Waals surface area contributed by atoms with Crippen molar-refractivity contribution in [2.75, 3.05) is 0 Å². The van der Waals surface area contributed by atoms with Crippen LogP contribution in [0.2, 0.25) is 0 Å². The van der Waals surface area contributed by atoms with E-state index < -0.39 is 17.4 Å². The normalized spacial score (nSPS) is 34.1. The van der Waals surface area contributed by atoms with Gasteiger partial charge in [-0.3, -0.25) is 19.3 Å². The largest absolute Gasteiger partial charge is 0.481 e. The number of likely N-dealkylation sites (tertiary alicyclic amines) is 1. The van der Waals surface area contributed by atoms with Gasteiger partial charge in [-0.2, -0.15) is 0 Å². The minimum atomic E-state index is -0.980. The maximum absolute atomic E-state index is 12.0. The summed E-state index contributed by atoms with van der Waals surface area (Å²) in [7, 11) is 0. The molecule has 1 saturated heterocycles. The molecule has 0 aromatic rings. The van der Waals surface area contributed by atoms with Crippen molar-refractivity contribution in [1.82, 2.24) is 4.90 Å². The fraction of sp³-hybridized carbons (Fsp3) is 0.769. The summed E-state index contributed by atoms with van der Waals surface area (Å²) in [4.78, 5) is 36.7. The van der Waals surface area contributed by atoms with Crippen molar-refractivity contribution in [1.29, 1.82) is 0 Å². The molecule has 5 nitrogen and oxygen atoms in total. The highest BCUT2D eigenvalue weighted by Gasteiger charge is 2.51. The van der Waals surface area contributed by atoms with E-state index in [1.54, 1.807) is 6.92 Å². The molecule has 1 aliphatic heterocycles. The molecule has 1 N–H and O–H groups in total. The molecule has 2 rings (SSSR count). The van der Waals surface area contributed by atoms with Crippen LogP contribution in [0, 0.1) is 11.3 Å². The van der Waals surface area contributed by atoms with Crippen LogP contribution in [0.4, 0.5) is 0 Å². The van der Waals surface area contributed by atoms with Crippen LogP contribution in [-0.4, -0.2) is 33.8 Å². The first-order chi connectivity index (χ1) is 8.36. The lowest BCUT2D eigenvalue weighted by Gasteiger charge is -2.39.